The highest BCUT2D eigenvalue weighted by Gasteiger charge is 2.32. The van der Waals surface area contributed by atoms with Gasteiger partial charge in [-0.15, -0.1) is 0 Å². The summed E-state index contributed by atoms with van der Waals surface area (Å²) in [5.41, 5.74) is 0.318. The van der Waals surface area contributed by atoms with E-state index in [1.165, 1.54) is 0 Å². The minimum Gasteiger partial charge on any atom is -0.395 e. The molecule has 1 heterocycles. The Morgan fingerprint density at radius 2 is 1.77 bits per heavy atom. The van der Waals surface area contributed by atoms with Crippen molar-refractivity contribution in [2.45, 2.75) is 38.8 Å². The first-order valence-corrected chi connectivity index (χ1v) is 6.84. The van der Waals surface area contributed by atoms with Gasteiger partial charge in [0.05, 0.1) is 0 Å². The highest BCUT2D eigenvalue weighted by atomic mass is 28.3. The SMILES string of the molecule is CCCO[SiH](OCCC)C1CCO1. The van der Waals surface area contributed by atoms with E-state index in [1.54, 1.807) is 0 Å². The third-order valence-electron chi connectivity index (χ3n) is 2.01. The minimum atomic E-state index is -1.50. The molecular formula is C9H20O3Si. The molecule has 0 spiro atoms. The maximum atomic E-state index is 5.69. The Balaban J connectivity index is 2.16. The van der Waals surface area contributed by atoms with Crippen LogP contribution in [-0.4, -0.2) is 34.8 Å². The molecule has 0 N–H and O–H groups in total. The van der Waals surface area contributed by atoms with Gasteiger partial charge in [0.25, 0.3) is 0 Å². The fraction of sp³-hybridized carbons (Fsp3) is 1.00. The van der Waals surface area contributed by atoms with Crippen LogP contribution in [0.2, 0.25) is 0 Å². The van der Waals surface area contributed by atoms with Crippen molar-refractivity contribution in [3.8, 4) is 0 Å². The van der Waals surface area contributed by atoms with Crippen LogP contribution in [-0.2, 0) is 13.6 Å². The molecule has 1 aliphatic rings. The third kappa shape index (κ3) is 3.77. The van der Waals surface area contributed by atoms with Crippen LogP contribution >= 0.6 is 0 Å². The summed E-state index contributed by atoms with van der Waals surface area (Å²) in [7, 11) is -1.50. The molecule has 0 saturated carbocycles. The van der Waals surface area contributed by atoms with Crippen molar-refractivity contribution in [3.05, 3.63) is 0 Å². The van der Waals surface area contributed by atoms with E-state index in [0.717, 1.165) is 39.1 Å². The van der Waals surface area contributed by atoms with Crippen LogP contribution in [0.1, 0.15) is 33.1 Å². The van der Waals surface area contributed by atoms with Gasteiger partial charge in [0.15, 0.2) is 0 Å². The first-order chi connectivity index (χ1) is 6.38. The molecule has 1 fully saturated rings. The van der Waals surface area contributed by atoms with Crippen LogP contribution in [0.15, 0.2) is 0 Å². The maximum Gasteiger partial charge on any atom is 0.351 e. The molecule has 0 aliphatic carbocycles. The maximum absolute atomic E-state index is 5.69. The highest BCUT2D eigenvalue weighted by molar-refractivity contribution is 6.46. The molecule has 0 bridgehead atoms. The Bertz CT molecular complexity index is 120. The van der Waals surface area contributed by atoms with Gasteiger partial charge in [0, 0.05) is 19.8 Å². The van der Waals surface area contributed by atoms with Gasteiger partial charge in [-0.2, -0.15) is 0 Å². The molecule has 0 aromatic rings. The lowest BCUT2D eigenvalue weighted by Crippen LogP contribution is -2.46. The van der Waals surface area contributed by atoms with Crippen molar-refractivity contribution in [1.82, 2.24) is 0 Å². The molecule has 13 heavy (non-hydrogen) atoms. The van der Waals surface area contributed by atoms with Gasteiger partial charge in [-0.1, -0.05) is 13.8 Å². The minimum absolute atomic E-state index is 0.318. The van der Waals surface area contributed by atoms with Crippen molar-refractivity contribution in [2.75, 3.05) is 19.8 Å². The average Bonchev–Trinajstić information content (AvgIpc) is 2.06. The summed E-state index contributed by atoms with van der Waals surface area (Å²) in [6.45, 7) is 6.76. The molecule has 78 valence electrons. The Labute approximate surface area is 82.2 Å². The quantitative estimate of drug-likeness (QED) is 0.587. The van der Waals surface area contributed by atoms with Crippen LogP contribution in [0.4, 0.5) is 0 Å². The molecule has 0 aromatic carbocycles. The normalized spacial score (nSPS) is 21.9. The fourth-order valence-corrected chi connectivity index (χ4v) is 3.36. The smallest absolute Gasteiger partial charge is 0.351 e. The summed E-state index contributed by atoms with van der Waals surface area (Å²) in [5.74, 6) is 0. The van der Waals surface area contributed by atoms with Crippen molar-refractivity contribution in [2.24, 2.45) is 0 Å². The molecule has 0 aromatic heterocycles. The summed E-state index contributed by atoms with van der Waals surface area (Å²) in [6, 6.07) is 0. The monoisotopic (exact) mass is 204 g/mol. The predicted molar refractivity (Wildman–Crippen MR) is 54.0 cm³/mol. The van der Waals surface area contributed by atoms with E-state index in [1.807, 2.05) is 0 Å². The second kappa shape index (κ2) is 6.54. The highest BCUT2D eigenvalue weighted by Crippen LogP contribution is 2.16. The number of hydrogen-bond donors (Lipinski definition) is 0. The van der Waals surface area contributed by atoms with E-state index >= 15 is 0 Å². The second-order valence-corrected chi connectivity index (χ2v) is 5.45. The molecule has 1 saturated heterocycles. The van der Waals surface area contributed by atoms with E-state index in [9.17, 15) is 0 Å². The van der Waals surface area contributed by atoms with Gasteiger partial charge >= 0.3 is 9.28 Å². The molecular weight excluding hydrogens is 184 g/mol. The zero-order valence-corrected chi connectivity index (χ0v) is 9.78. The zero-order valence-electron chi connectivity index (χ0n) is 8.62. The first-order valence-electron chi connectivity index (χ1n) is 5.23. The lowest BCUT2D eigenvalue weighted by molar-refractivity contribution is -0.0290. The summed E-state index contributed by atoms with van der Waals surface area (Å²) in [6.07, 6.45) is 3.25. The van der Waals surface area contributed by atoms with Crippen LogP contribution < -0.4 is 0 Å². The second-order valence-electron chi connectivity index (χ2n) is 3.31. The van der Waals surface area contributed by atoms with Crippen molar-refractivity contribution < 1.29 is 13.6 Å². The topological polar surface area (TPSA) is 27.7 Å². The summed E-state index contributed by atoms with van der Waals surface area (Å²) in [5, 5.41) is 0. The molecule has 0 radical (unpaired) electrons. The van der Waals surface area contributed by atoms with Crippen LogP contribution in [0.25, 0.3) is 0 Å². The first kappa shape index (κ1) is 11.2. The Kier molecular flexibility index (Phi) is 5.62. The van der Waals surface area contributed by atoms with Crippen molar-refractivity contribution in [1.29, 1.82) is 0 Å². The molecule has 3 nitrogen and oxygen atoms in total. The number of rotatable bonds is 7. The lowest BCUT2D eigenvalue weighted by Gasteiger charge is -2.31. The summed E-state index contributed by atoms with van der Waals surface area (Å²) < 4.78 is 16.8. The zero-order chi connectivity index (χ0) is 9.52. The Morgan fingerprint density at radius 1 is 1.23 bits per heavy atom. The third-order valence-corrected chi connectivity index (χ3v) is 4.27. The van der Waals surface area contributed by atoms with Crippen LogP contribution in [0, 0.1) is 0 Å². The van der Waals surface area contributed by atoms with Crippen molar-refractivity contribution in [3.63, 3.8) is 0 Å². The Morgan fingerprint density at radius 3 is 2.08 bits per heavy atom. The van der Waals surface area contributed by atoms with Crippen LogP contribution in [0.3, 0.4) is 0 Å². The molecule has 0 amide bonds. The largest absolute Gasteiger partial charge is 0.395 e. The van der Waals surface area contributed by atoms with Gasteiger partial charge in [-0.25, -0.2) is 0 Å². The van der Waals surface area contributed by atoms with Crippen molar-refractivity contribution >= 4 is 9.28 Å². The van der Waals surface area contributed by atoms with Gasteiger partial charge in [-0.05, 0) is 19.3 Å². The van der Waals surface area contributed by atoms with Gasteiger partial charge in [0.2, 0.25) is 0 Å². The number of ether oxygens (including phenoxy) is 1. The van der Waals surface area contributed by atoms with Gasteiger partial charge in [0.1, 0.15) is 5.73 Å². The van der Waals surface area contributed by atoms with Gasteiger partial charge < -0.3 is 13.6 Å². The molecule has 4 heteroatoms. The van der Waals surface area contributed by atoms with E-state index in [4.69, 9.17) is 13.6 Å². The number of hydrogen-bond acceptors (Lipinski definition) is 3. The summed E-state index contributed by atoms with van der Waals surface area (Å²) in [4.78, 5) is 0. The standard InChI is InChI=1S/C9H20O3Si/c1-3-6-11-13(12-7-4-2)9-5-8-10-9/h9,13H,3-8H2,1-2H3. The van der Waals surface area contributed by atoms with Gasteiger partial charge in [-0.3, -0.25) is 0 Å². The molecule has 1 aliphatic heterocycles. The molecule has 1 atom stereocenters. The van der Waals surface area contributed by atoms with E-state index in [-0.39, 0.29) is 0 Å². The lowest BCUT2D eigenvalue weighted by atomic mass is 10.4. The molecule has 1 rings (SSSR count). The van der Waals surface area contributed by atoms with E-state index < -0.39 is 9.28 Å². The van der Waals surface area contributed by atoms with E-state index in [0.29, 0.717) is 5.73 Å². The fourth-order valence-electron chi connectivity index (χ4n) is 1.20. The Hall–Kier alpha value is 0.0969. The van der Waals surface area contributed by atoms with Crippen LogP contribution in [0.5, 0.6) is 0 Å². The summed E-state index contributed by atoms with van der Waals surface area (Å²) >= 11 is 0. The average molecular weight is 204 g/mol. The molecule has 1 unspecified atom stereocenters. The van der Waals surface area contributed by atoms with E-state index in [2.05, 4.69) is 13.8 Å². The predicted octanol–water partition coefficient (Wildman–Crippen LogP) is 1.39.